The maximum Gasteiger partial charge on any atom is 0.152 e. The molecule has 0 unspecified atom stereocenters. The van der Waals surface area contributed by atoms with Gasteiger partial charge in [-0.15, -0.1) is 0 Å². The van der Waals surface area contributed by atoms with Gasteiger partial charge in [0, 0.05) is 22.0 Å². The van der Waals surface area contributed by atoms with Gasteiger partial charge in [-0.1, -0.05) is 29.8 Å². The van der Waals surface area contributed by atoms with Crippen molar-refractivity contribution in [2.24, 2.45) is 0 Å². The molecule has 0 aliphatic carbocycles. The lowest BCUT2D eigenvalue weighted by atomic mass is 10.0. The minimum absolute atomic E-state index is 0.671. The van der Waals surface area contributed by atoms with Crippen molar-refractivity contribution in [1.82, 2.24) is 4.98 Å². The van der Waals surface area contributed by atoms with E-state index in [2.05, 4.69) is 4.98 Å². The number of methoxy groups -OCH3 is 1. The average Bonchev–Trinajstić information content (AvgIpc) is 2.85. The molecular formula is C17H15NO2. The summed E-state index contributed by atoms with van der Waals surface area (Å²) in [5.41, 5.74) is 4.46. The topological polar surface area (TPSA) is 42.1 Å². The molecule has 3 heteroatoms. The first-order chi connectivity index (χ1) is 9.74. The second-order valence-corrected chi connectivity index (χ2v) is 4.78. The molecule has 0 aliphatic rings. The number of carbonyl (C=O) groups is 1. The number of aromatic amines is 1. The highest BCUT2D eigenvalue weighted by Gasteiger charge is 2.15. The Labute approximate surface area is 117 Å². The fourth-order valence-electron chi connectivity index (χ4n) is 2.52. The number of hydrogen-bond acceptors (Lipinski definition) is 2. The number of benzene rings is 2. The third-order valence-electron chi connectivity index (χ3n) is 3.49. The fourth-order valence-corrected chi connectivity index (χ4v) is 2.52. The summed E-state index contributed by atoms with van der Waals surface area (Å²) < 4.78 is 5.41. The van der Waals surface area contributed by atoms with Crippen LogP contribution in [-0.4, -0.2) is 18.4 Å². The highest BCUT2D eigenvalue weighted by Crippen LogP contribution is 2.35. The molecule has 2 aromatic carbocycles. The lowest BCUT2D eigenvalue weighted by Crippen LogP contribution is -1.91. The third kappa shape index (κ3) is 1.88. The lowest BCUT2D eigenvalue weighted by Gasteiger charge is -2.08. The molecule has 20 heavy (non-hydrogen) atoms. The van der Waals surface area contributed by atoms with Crippen LogP contribution in [0.2, 0.25) is 0 Å². The second kappa shape index (κ2) is 4.85. The number of fused-ring (bicyclic) bond motifs is 1. The lowest BCUT2D eigenvalue weighted by molar-refractivity contribution is 0.112. The Balaban J connectivity index is 2.34. The normalized spacial score (nSPS) is 10.7. The average molecular weight is 265 g/mol. The summed E-state index contributed by atoms with van der Waals surface area (Å²) in [6.45, 7) is 2.02. The molecule has 0 spiro atoms. The first kappa shape index (κ1) is 12.5. The van der Waals surface area contributed by atoms with Crippen molar-refractivity contribution in [1.29, 1.82) is 0 Å². The summed E-state index contributed by atoms with van der Waals surface area (Å²) >= 11 is 0. The van der Waals surface area contributed by atoms with Gasteiger partial charge in [0.25, 0.3) is 0 Å². The number of aromatic nitrogens is 1. The number of para-hydroxylation sites is 1. The number of H-pyrrole nitrogens is 1. The van der Waals surface area contributed by atoms with Crippen LogP contribution in [0.3, 0.4) is 0 Å². The molecule has 0 aliphatic heterocycles. The molecule has 0 fully saturated rings. The van der Waals surface area contributed by atoms with Crippen molar-refractivity contribution in [3.8, 4) is 17.0 Å². The van der Waals surface area contributed by atoms with E-state index < -0.39 is 0 Å². The Bertz CT molecular complexity index is 787. The molecular weight excluding hydrogens is 250 g/mol. The molecule has 1 aromatic heterocycles. The van der Waals surface area contributed by atoms with E-state index >= 15 is 0 Å². The first-order valence-electron chi connectivity index (χ1n) is 6.45. The molecule has 1 heterocycles. The summed E-state index contributed by atoms with van der Waals surface area (Å²) in [7, 11) is 1.64. The Morgan fingerprint density at radius 3 is 2.70 bits per heavy atom. The molecule has 0 atom stereocenters. The fraction of sp³-hybridized carbons (Fsp3) is 0.118. The first-order valence-corrected chi connectivity index (χ1v) is 6.45. The Hall–Kier alpha value is -2.55. The van der Waals surface area contributed by atoms with Crippen LogP contribution in [0.5, 0.6) is 5.75 Å². The van der Waals surface area contributed by atoms with Crippen LogP contribution >= 0.6 is 0 Å². The van der Waals surface area contributed by atoms with Gasteiger partial charge in [-0.2, -0.15) is 0 Å². The minimum Gasteiger partial charge on any atom is -0.496 e. The SMILES string of the molecule is COc1ccc(C)cc1-c1[nH]c2ccccc2c1C=O. The van der Waals surface area contributed by atoms with Gasteiger partial charge in [0.05, 0.1) is 12.8 Å². The zero-order chi connectivity index (χ0) is 14.1. The summed E-state index contributed by atoms with van der Waals surface area (Å²) in [4.78, 5) is 14.8. The van der Waals surface area contributed by atoms with Crippen LogP contribution in [0.4, 0.5) is 0 Å². The largest absolute Gasteiger partial charge is 0.496 e. The van der Waals surface area contributed by atoms with Gasteiger partial charge in [0.15, 0.2) is 6.29 Å². The van der Waals surface area contributed by atoms with Gasteiger partial charge < -0.3 is 9.72 Å². The molecule has 1 N–H and O–H groups in total. The van der Waals surface area contributed by atoms with E-state index in [9.17, 15) is 4.79 Å². The Kier molecular flexibility index (Phi) is 3.03. The van der Waals surface area contributed by atoms with E-state index in [1.807, 2.05) is 49.4 Å². The Morgan fingerprint density at radius 1 is 1.15 bits per heavy atom. The number of hydrogen-bond donors (Lipinski definition) is 1. The van der Waals surface area contributed by atoms with E-state index in [0.29, 0.717) is 5.56 Å². The zero-order valence-corrected chi connectivity index (χ0v) is 11.4. The highest BCUT2D eigenvalue weighted by molar-refractivity contribution is 6.04. The van der Waals surface area contributed by atoms with Crippen molar-refractivity contribution in [3.63, 3.8) is 0 Å². The monoisotopic (exact) mass is 265 g/mol. The van der Waals surface area contributed by atoms with Gasteiger partial charge >= 0.3 is 0 Å². The van der Waals surface area contributed by atoms with E-state index in [1.54, 1.807) is 7.11 Å². The quantitative estimate of drug-likeness (QED) is 0.728. The second-order valence-electron chi connectivity index (χ2n) is 4.78. The van der Waals surface area contributed by atoms with Crippen molar-refractivity contribution in [2.45, 2.75) is 6.92 Å². The number of rotatable bonds is 3. The summed E-state index contributed by atoms with van der Waals surface area (Å²) in [5, 5.41) is 0.932. The van der Waals surface area contributed by atoms with Crippen molar-refractivity contribution >= 4 is 17.2 Å². The molecule has 0 amide bonds. The van der Waals surface area contributed by atoms with Crippen molar-refractivity contribution in [2.75, 3.05) is 7.11 Å². The van der Waals surface area contributed by atoms with Gasteiger partial charge in [-0.05, 0) is 25.1 Å². The van der Waals surface area contributed by atoms with Crippen molar-refractivity contribution < 1.29 is 9.53 Å². The molecule has 3 rings (SSSR count). The van der Waals surface area contributed by atoms with Gasteiger partial charge in [0.2, 0.25) is 0 Å². The van der Waals surface area contributed by atoms with Crippen molar-refractivity contribution in [3.05, 3.63) is 53.6 Å². The van der Waals surface area contributed by atoms with Crippen LogP contribution in [-0.2, 0) is 0 Å². The number of aldehydes is 1. The van der Waals surface area contributed by atoms with Crippen LogP contribution in [0.1, 0.15) is 15.9 Å². The molecule has 0 bridgehead atoms. The molecule has 0 radical (unpaired) electrons. The summed E-state index contributed by atoms with van der Waals surface area (Å²) in [5.74, 6) is 0.755. The van der Waals surface area contributed by atoms with Gasteiger partial charge in [0.1, 0.15) is 5.75 Å². The molecule has 0 saturated heterocycles. The molecule has 100 valence electrons. The minimum atomic E-state index is 0.671. The maximum absolute atomic E-state index is 11.5. The van der Waals surface area contributed by atoms with Crippen LogP contribution in [0, 0.1) is 6.92 Å². The summed E-state index contributed by atoms with van der Waals surface area (Å²) in [6.07, 6.45) is 0.899. The number of nitrogens with one attached hydrogen (secondary N) is 1. The predicted octanol–water partition coefficient (Wildman–Crippen LogP) is 3.96. The number of carbonyl (C=O) groups excluding carboxylic acids is 1. The van der Waals surface area contributed by atoms with E-state index in [4.69, 9.17) is 4.74 Å². The number of aryl methyl sites for hydroxylation is 1. The van der Waals surface area contributed by atoms with Crippen LogP contribution in [0.15, 0.2) is 42.5 Å². The zero-order valence-electron chi connectivity index (χ0n) is 11.4. The third-order valence-corrected chi connectivity index (χ3v) is 3.49. The van der Waals surface area contributed by atoms with Gasteiger partial charge in [-0.3, -0.25) is 4.79 Å². The Morgan fingerprint density at radius 2 is 1.95 bits per heavy atom. The maximum atomic E-state index is 11.5. The summed E-state index contributed by atoms with van der Waals surface area (Å²) in [6, 6.07) is 13.7. The predicted molar refractivity (Wildman–Crippen MR) is 80.4 cm³/mol. The van der Waals surface area contributed by atoms with E-state index in [1.165, 1.54) is 0 Å². The molecule has 3 aromatic rings. The standard InChI is InChI=1S/C17H15NO2/c1-11-7-8-16(20-2)13(9-11)17-14(10-19)12-5-3-4-6-15(12)18-17/h3-10,18H,1-2H3. The van der Waals surface area contributed by atoms with E-state index in [-0.39, 0.29) is 0 Å². The van der Waals surface area contributed by atoms with Crippen LogP contribution < -0.4 is 4.74 Å². The highest BCUT2D eigenvalue weighted by atomic mass is 16.5. The smallest absolute Gasteiger partial charge is 0.152 e. The molecule has 3 nitrogen and oxygen atoms in total. The number of ether oxygens (including phenoxy) is 1. The molecule has 0 saturated carbocycles. The van der Waals surface area contributed by atoms with Crippen LogP contribution in [0.25, 0.3) is 22.2 Å². The van der Waals surface area contributed by atoms with E-state index in [0.717, 1.165) is 39.8 Å². The van der Waals surface area contributed by atoms with Gasteiger partial charge in [-0.25, -0.2) is 0 Å².